The molecule has 0 saturated heterocycles. The van der Waals surface area contributed by atoms with E-state index in [1.54, 1.807) is 6.92 Å². The van der Waals surface area contributed by atoms with Crippen LogP contribution >= 0.6 is 0 Å². The Labute approximate surface area is 49.4 Å². The van der Waals surface area contributed by atoms with Gasteiger partial charge in [0, 0.05) is 5.71 Å². The van der Waals surface area contributed by atoms with Gasteiger partial charge in [-0.05, 0) is 19.4 Å². The number of hydrogen-bond acceptors (Lipinski definition) is 2. The highest BCUT2D eigenvalue weighted by atomic mass is 16.3. The Morgan fingerprint density at radius 3 is 2.38 bits per heavy atom. The zero-order valence-electron chi connectivity index (χ0n) is 5.23. The molecule has 0 aliphatic heterocycles. The smallest absolute Gasteiger partial charge is 0.0909 e. The molecule has 0 unspecified atom stereocenters. The van der Waals surface area contributed by atoms with Crippen LogP contribution in [0.25, 0.3) is 0 Å². The van der Waals surface area contributed by atoms with Crippen molar-refractivity contribution < 1.29 is 5.11 Å². The molecule has 0 aliphatic carbocycles. The van der Waals surface area contributed by atoms with Gasteiger partial charge in [-0.3, -0.25) is 0 Å². The van der Waals surface area contributed by atoms with Crippen LogP contribution in [0.2, 0.25) is 0 Å². The third kappa shape index (κ3) is 3.40. The van der Waals surface area contributed by atoms with Gasteiger partial charge < -0.3 is 10.5 Å². The molecule has 0 amide bonds. The minimum atomic E-state index is 0.205. The topological polar surface area (TPSA) is 44.1 Å². The number of hydrogen-bond donors (Lipinski definition) is 2. The first-order valence-electron chi connectivity index (χ1n) is 2.61. The number of nitrogens with one attached hydrogen (secondary N) is 1. The molecule has 0 heterocycles. The van der Waals surface area contributed by atoms with E-state index in [4.69, 9.17) is 10.5 Å². The fourth-order valence-corrected chi connectivity index (χ4v) is 0.354. The van der Waals surface area contributed by atoms with Crippen molar-refractivity contribution in [3.63, 3.8) is 0 Å². The minimum absolute atomic E-state index is 0.205. The predicted octanol–water partition coefficient (Wildman–Crippen LogP) is 1.88. The summed E-state index contributed by atoms with van der Waals surface area (Å²) >= 11 is 0. The van der Waals surface area contributed by atoms with Crippen LogP contribution in [0, 0.1) is 5.41 Å². The molecule has 0 fully saturated rings. The first kappa shape index (κ1) is 7.21. The molecule has 8 heavy (non-hydrogen) atoms. The molecule has 0 aliphatic rings. The van der Waals surface area contributed by atoms with Gasteiger partial charge in [0.15, 0.2) is 0 Å². The summed E-state index contributed by atoms with van der Waals surface area (Å²) in [4.78, 5) is 0. The van der Waals surface area contributed by atoms with Gasteiger partial charge in [-0.1, -0.05) is 6.92 Å². The van der Waals surface area contributed by atoms with Crippen LogP contribution in [-0.4, -0.2) is 10.8 Å². The molecular weight excluding hydrogens is 102 g/mol. The molecule has 2 heteroatoms. The molecule has 2 N–H and O–H groups in total. The maximum Gasteiger partial charge on any atom is 0.0909 e. The number of allylic oxidation sites excluding steroid dienone is 2. The van der Waals surface area contributed by atoms with E-state index in [0.29, 0.717) is 12.1 Å². The van der Waals surface area contributed by atoms with Gasteiger partial charge in [-0.25, -0.2) is 0 Å². The zero-order chi connectivity index (χ0) is 6.57. The average molecular weight is 113 g/mol. The summed E-state index contributed by atoms with van der Waals surface area (Å²) in [6.07, 6.45) is 2.12. The number of rotatable bonds is 2. The summed E-state index contributed by atoms with van der Waals surface area (Å²) in [6, 6.07) is 0. The van der Waals surface area contributed by atoms with E-state index in [9.17, 15) is 0 Å². The third-order valence-corrected chi connectivity index (χ3v) is 0.764. The lowest BCUT2D eigenvalue weighted by molar-refractivity contribution is 0.415. The van der Waals surface area contributed by atoms with Crippen molar-refractivity contribution in [2.75, 3.05) is 0 Å². The van der Waals surface area contributed by atoms with Gasteiger partial charge in [-0.2, -0.15) is 0 Å². The van der Waals surface area contributed by atoms with E-state index in [1.165, 1.54) is 6.08 Å². The maximum absolute atomic E-state index is 8.57. The SMILES string of the molecule is CCC(=N)/C=C(/C)O. The molecule has 0 rings (SSSR count). The van der Waals surface area contributed by atoms with Gasteiger partial charge in [0.05, 0.1) is 5.76 Å². The van der Waals surface area contributed by atoms with Crippen molar-refractivity contribution in [3.8, 4) is 0 Å². The summed E-state index contributed by atoms with van der Waals surface area (Å²) in [7, 11) is 0. The van der Waals surface area contributed by atoms with Gasteiger partial charge >= 0.3 is 0 Å². The summed E-state index contributed by atoms with van der Waals surface area (Å²) in [5, 5.41) is 15.6. The lowest BCUT2D eigenvalue weighted by Gasteiger charge is -1.88. The second-order valence-electron chi connectivity index (χ2n) is 1.66. The first-order chi connectivity index (χ1) is 3.66. The largest absolute Gasteiger partial charge is 0.513 e. The van der Waals surface area contributed by atoms with E-state index in [2.05, 4.69) is 0 Å². The standard InChI is InChI=1S/C6H11NO/c1-3-6(7)4-5(2)8/h4,7-8H,3H2,1-2H3/b5-4-,7-6?. The van der Waals surface area contributed by atoms with Crippen molar-refractivity contribution in [2.45, 2.75) is 20.3 Å². The highest BCUT2D eigenvalue weighted by Crippen LogP contribution is 1.88. The number of aliphatic hydroxyl groups excluding tert-OH is 1. The first-order valence-corrected chi connectivity index (χ1v) is 2.61. The van der Waals surface area contributed by atoms with Gasteiger partial charge in [0.25, 0.3) is 0 Å². The summed E-state index contributed by atoms with van der Waals surface area (Å²) in [5.74, 6) is 0.205. The van der Waals surface area contributed by atoms with Crippen molar-refractivity contribution in [2.24, 2.45) is 0 Å². The summed E-state index contributed by atoms with van der Waals surface area (Å²) in [5.41, 5.74) is 0.463. The second kappa shape index (κ2) is 3.24. The minimum Gasteiger partial charge on any atom is -0.513 e. The lowest BCUT2D eigenvalue weighted by Crippen LogP contribution is -1.87. The predicted molar refractivity (Wildman–Crippen MR) is 34.4 cm³/mol. The molecule has 0 bridgehead atoms. The maximum atomic E-state index is 8.57. The van der Waals surface area contributed by atoms with Crippen LogP contribution in [0.5, 0.6) is 0 Å². The van der Waals surface area contributed by atoms with Crippen LogP contribution in [-0.2, 0) is 0 Å². The fraction of sp³-hybridized carbons (Fsp3) is 0.500. The molecule has 0 atom stereocenters. The molecule has 2 nitrogen and oxygen atoms in total. The quantitative estimate of drug-likeness (QED) is 0.416. The van der Waals surface area contributed by atoms with Gasteiger partial charge in [0.1, 0.15) is 0 Å². The van der Waals surface area contributed by atoms with Crippen molar-refractivity contribution in [1.82, 2.24) is 0 Å². The lowest BCUT2D eigenvalue weighted by atomic mass is 10.3. The average Bonchev–Trinajstić information content (AvgIpc) is 1.65. The summed E-state index contributed by atoms with van der Waals surface area (Å²) < 4.78 is 0. The van der Waals surface area contributed by atoms with E-state index in [-0.39, 0.29) is 5.76 Å². The molecule has 0 spiro atoms. The Kier molecular flexibility index (Phi) is 2.92. The Morgan fingerprint density at radius 2 is 2.25 bits per heavy atom. The van der Waals surface area contributed by atoms with Crippen LogP contribution in [0.1, 0.15) is 20.3 Å². The Morgan fingerprint density at radius 1 is 1.75 bits per heavy atom. The van der Waals surface area contributed by atoms with Crippen molar-refractivity contribution >= 4 is 5.71 Å². The van der Waals surface area contributed by atoms with E-state index < -0.39 is 0 Å². The van der Waals surface area contributed by atoms with Crippen molar-refractivity contribution in [3.05, 3.63) is 11.8 Å². The fourth-order valence-electron chi connectivity index (χ4n) is 0.354. The third-order valence-electron chi connectivity index (χ3n) is 0.764. The zero-order valence-corrected chi connectivity index (χ0v) is 5.23. The van der Waals surface area contributed by atoms with Crippen LogP contribution in [0.3, 0.4) is 0 Å². The van der Waals surface area contributed by atoms with E-state index in [0.717, 1.165) is 0 Å². The highest BCUT2D eigenvalue weighted by Gasteiger charge is 1.85. The molecule has 0 aromatic rings. The normalized spacial score (nSPS) is 11.5. The highest BCUT2D eigenvalue weighted by molar-refractivity contribution is 5.92. The Hall–Kier alpha value is -0.790. The van der Waals surface area contributed by atoms with Gasteiger partial charge in [-0.15, -0.1) is 0 Å². The van der Waals surface area contributed by atoms with Crippen molar-refractivity contribution in [1.29, 1.82) is 5.41 Å². The Balaban J connectivity index is 3.70. The molecule has 46 valence electrons. The molecule has 0 aromatic carbocycles. The van der Waals surface area contributed by atoms with Crippen LogP contribution in [0.4, 0.5) is 0 Å². The molecule has 0 aromatic heterocycles. The summed E-state index contributed by atoms with van der Waals surface area (Å²) in [6.45, 7) is 3.44. The van der Waals surface area contributed by atoms with Gasteiger partial charge in [0.2, 0.25) is 0 Å². The molecular formula is C6H11NO. The Bertz CT molecular complexity index is 112. The number of aliphatic hydroxyl groups is 1. The van der Waals surface area contributed by atoms with E-state index >= 15 is 0 Å². The second-order valence-corrected chi connectivity index (χ2v) is 1.66. The molecule has 0 saturated carbocycles. The monoisotopic (exact) mass is 113 g/mol. The van der Waals surface area contributed by atoms with Crippen LogP contribution < -0.4 is 0 Å². The van der Waals surface area contributed by atoms with Crippen LogP contribution in [0.15, 0.2) is 11.8 Å². The molecule has 0 radical (unpaired) electrons. The van der Waals surface area contributed by atoms with E-state index in [1.807, 2.05) is 6.92 Å².